The van der Waals surface area contributed by atoms with Gasteiger partial charge in [-0.15, -0.1) is 0 Å². The van der Waals surface area contributed by atoms with Gasteiger partial charge in [0.2, 0.25) is 0 Å². The summed E-state index contributed by atoms with van der Waals surface area (Å²) < 4.78 is 0. The standard InChI is InChI=1S/C11H23N.C2H6/c1-3-5-6-11-7-9-12(4-2)10-8-11;1-2/h11H,3-10H2,1-2H3;1-2H3. The summed E-state index contributed by atoms with van der Waals surface area (Å²) >= 11 is 0. The van der Waals surface area contributed by atoms with Crippen LogP contribution in [0.15, 0.2) is 0 Å². The zero-order valence-corrected chi connectivity index (χ0v) is 10.7. The van der Waals surface area contributed by atoms with Crippen LogP contribution in [0.5, 0.6) is 0 Å². The first-order chi connectivity index (χ1) is 6.86. The highest BCUT2D eigenvalue weighted by molar-refractivity contribution is 4.70. The lowest BCUT2D eigenvalue weighted by molar-refractivity contribution is 0.185. The van der Waals surface area contributed by atoms with Gasteiger partial charge in [0.25, 0.3) is 0 Å². The maximum absolute atomic E-state index is 2.57. The van der Waals surface area contributed by atoms with Crippen molar-refractivity contribution in [3.63, 3.8) is 0 Å². The molecule has 86 valence electrons. The lowest BCUT2D eigenvalue weighted by Gasteiger charge is -2.30. The normalized spacial score (nSPS) is 18.9. The summed E-state index contributed by atoms with van der Waals surface area (Å²) in [5, 5.41) is 0. The minimum Gasteiger partial charge on any atom is -0.304 e. The quantitative estimate of drug-likeness (QED) is 0.663. The Labute approximate surface area is 90.9 Å². The van der Waals surface area contributed by atoms with E-state index in [0.717, 1.165) is 5.92 Å². The summed E-state index contributed by atoms with van der Waals surface area (Å²) in [5.74, 6) is 1.05. The van der Waals surface area contributed by atoms with Gasteiger partial charge >= 0.3 is 0 Å². The molecule has 1 heterocycles. The first-order valence-electron chi connectivity index (χ1n) is 6.59. The van der Waals surface area contributed by atoms with Gasteiger partial charge in [0.15, 0.2) is 0 Å². The SMILES string of the molecule is CC.CCCCC1CCN(CC)CC1. The molecule has 0 unspecified atom stereocenters. The van der Waals surface area contributed by atoms with E-state index in [2.05, 4.69) is 18.7 Å². The van der Waals surface area contributed by atoms with Crippen LogP contribution in [0.4, 0.5) is 0 Å². The molecule has 0 aromatic carbocycles. The molecule has 0 aromatic heterocycles. The van der Waals surface area contributed by atoms with E-state index in [0.29, 0.717) is 0 Å². The van der Waals surface area contributed by atoms with Gasteiger partial charge in [-0.05, 0) is 38.4 Å². The van der Waals surface area contributed by atoms with Crippen molar-refractivity contribution in [2.45, 2.75) is 59.8 Å². The summed E-state index contributed by atoms with van der Waals surface area (Å²) in [6, 6.07) is 0. The highest BCUT2D eigenvalue weighted by Gasteiger charge is 2.16. The number of rotatable bonds is 4. The van der Waals surface area contributed by atoms with Crippen molar-refractivity contribution in [1.82, 2.24) is 4.90 Å². The van der Waals surface area contributed by atoms with Gasteiger partial charge in [0.1, 0.15) is 0 Å². The molecule has 1 rings (SSSR count). The summed E-state index contributed by atoms with van der Waals surface area (Å²) in [5.41, 5.74) is 0. The molecule has 0 bridgehead atoms. The second kappa shape index (κ2) is 9.51. The fraction of sp³-hybridized carbons (Fsp3) is 1.00. The van der Waals surface area contributed by atoms with Gasteiger partial charge in [-0.3, -0.25) is 0 Å². The molecule has 0 atom stereocenters. The van der Waals surface area contributed by atoms with Crippen molar-refractivity contribution in [1.29, 1.82) is 0 Å². The zero-order valence-electron chi connectivity index (χ0n) is 10.7. The molecule has 14 heavy (non-hydrogen) atoms. The van der Waals surface area contributed by atoms with Crippen LogP contribution in [0.3, 0.4) is 0 Å². The van der Waals surface area contributed by atoms with Gasteiger partial charge in [-0.1, -0.05) is 47.0 Å². The number of piperidine rings is 1. The third-order valence-electron chi connectivity index (χ3n) is 3.12. The Balaban J connectivity index is 0.000000791. The minimum absolute atomic E-state index is 1.05. The van der Waals surface area contributed by atoms with E-state index in [4.69, 9.17) is 0 Å². The molecule has 1 aliphatic rings. The monoisotopic (exact) mass is 199 g/mol. The first kappa shape index (κ1) is 14.0. The van der Waals surface area contributed by atoms with Crippen LogP contribution in [-0.2, 0) is 0 Å². The summed E-state index contributed by atoms with van der Waals surface area (Å²) in [4.78, 5) is 2.57. The molecular formula is C13H29N. The fourth-order valence-electron chi connectivity index (χ4n) is 2.08. The van der Waals surface area contributed by atoms with Crippen LogP contribution >= 0.6 is 0 Å². The molecular weight excluding hydrogens is 170 g/mol. The average Bonchev–Trinajstić information content (AvgIpc) is 2.30. The Morgan fingerprint density at radius 1 is 1.07 bits per heavy atom. The maximum atomic E-state index is 2.57. The molecule has 0 aromatic rings. The summed E-state index contributed by atoms with van der Waals surface area (Å²) in [7, 11) is 0. The second-order valence-corrected chi connectivity index (χ2v) is 4.02. The van der Waals surface area contributed by atoms with E-state index in [1.165, 1.54) is 51.7 Å². The Morgan fingerprint density at radius 2 is 1.64 bits per heavy atom. The predicted octanol–water partition coefficient (Wildman–Crippen LogP) is 3.93. The van der Waals surface area contributed by atoms with E-state index in [-0.39, 0.29) is 0 Å². The van der Waals surface area contributed by atoms with Crippen LogP contribution in [0.25, 0.3) is 0 Å². The molecule has 0 amide bonds. The van der Waals surface area contributed by atoms with Crippen LogP contribution in [0.2, 0.25) is 0 Å². The number of hydrogen-bond donors (Lipinski definition) is 0. The Bertz CT molecular complexity index is 104. The molecule has 1 fully saturated rings. The molecule has 0 spiro atoms. The highest BCUT2D eigenvalue weighted by Crippen LogP contribution is 2.21. The predicted molar refractivity (Wildman–Crippen MR) is 65.7 cm³/mol. The van der Waals surface area contributed by atoms with Gasteiger partial charge in [0.05, 0.1) is 0 Å². The van der Waals surface area contributed by atoms with Crippen LogP contribution in [-0.4, -0.2) is 24.5 Å². The maximum Gasteiger partial charge on any atom is -0.00162 e. The third-order valence-corrected chi connectivity index (χ3v) is 3.12. The molecule has 0 radical (unpaired) electrons. The fourth-order valence-corrected chi connectivity index (χ4v) is 2.08. The highest BCUT2D eigenvalue weighted by atomic mass is 15.1. The van der Waals surface area contributed by atoms with Gasteiger partial charge < -0.3 is 4.90 Å². The minimum atomic E-state index is 1.05. The van der Waals surface area contributed by atoms with Gasteiger partial charge in [0, 0.05) is 0 Å². The van der Waals surface area contributed by atoms with E-state index in [9.17, 15) is 0 Å². The lowest BCUT2D eigenvalue weighted by Crippen LogP contribution is -2.33. The molecule has 0 N–H and O–H groups in total. The first-order valence-corrected chi connectivity index (χ1v) is 6.59. The van der Waals surface area contributed by atoms with Crippen molar-refractivity contribution in [2.75, 3.05) is 19.6 Å². The average molecular weight is 199 g/mol. The van der Waals surface area contributed by atoms with Crippen LogP contribution in [0.1, 0.15) is 59.8 Å². The number of likely N-dealkylation sites (tertiary alicyclic amines) is 1. The molecule has 1 saturated heterocycles. The molecule has 1 nitrogen and oxygen atoms in total. The summed E-state index contributed by atoms with van der Waals surface area (Å²) in [6.45, 7) is 12.5. The van der Waals surface area contributed by atoms with Crippen molar-refractivity contribution in [2.24, 2.45) is 5.92 Å². The van der Waals surface area contributed by atoms with Crippen molar-refractivity contribution in [3.05, 3.63) is 0 Å². The topological polar surface area (TPSA) is 3.24 Å². The third kappa shape index (κ3) is 5.64. The molecule has 1 aliphatic heterocycles. The zero-order chi connectivity index (χ0) is 10.8. The number of unbranched alkanes of at least 4 members (excludes halogenated alkanes) is 1. The second-order valence-electron chi connectivity index (χ2n) is 4.02. The Morgan fingerprint density at radius 3 is 2.07 bits per heavy atom. The molecule has 0 saturated carbocycles. The lowest BCUT2D eigenvalue weighted by atomic mass is 9.92. The van der Waals surface area contributed by atoms with E-state index in [1.54, 1.807) is 0 Å². The number of nitrogens with zero attached hydrogens (tertiary/aromatic N) is 1. The van der Waals surface area contributed by atoms with Crippen LogP contribution < -0.4 is 0 Å². The van der Waals surface area contributed by atoms with E-state index >= 15 is 0 Å². The van der Waals surface area contributed by atoms with Crippen molar-refractivity contribution < 1.29 is 0 Å². The summed E-state index contributed by atoms with van der Waals surface area (Å²) in [6.07, 6.45) is 7.19. The Kier molecular flexibility index (Phi) is 9.49. The largest absolute Gasteiger partial charge is 0.304 e. The van der Waals surface area contributed by atoms with Crippen LogP contribution in [0, 0.1) is 5.92 Å². The smallest absolute Gasteiger partial charge is 0.00162 e. The van der Waals surface area contributed by atoms with Gasteiger partial charge in [-0.25, -0.2) is 0 Å². The van der Waals surface area contributed by atoms with E-state index < -0.39 is 0 Å². The van der Waals surface area contributed by atoms with E-state index in [1.807, 2.05) is 13.8 Å². The van der Waals surface area contributed by atoms with Crippen molar-refractivity contribution in [3.8, 4) is 0 Å². The Hall–Kier alpha value is -0.0400. The van der Waals surface area contributed by atoms with Crippen molar-refractivity contribution >= 4 is 0 Å². The number of hydrogen-bond acceptors (Lipinski definition) is 1. The molecule has 1 heteroatoms. The van der Waals surface area contributed by atoms with Gasteiger partial charge in [-0.2, -0.15) is 0 Å². The molecule has 0 aliphatic carbocycles.